The summed E-state index contributed by atoms with van der Waals surface area (Å²) in [5.74, 6) is 2.15. The van der Waals surface area contributed by atoms with Crippen LogP contribution in [0.3, 0.4) is 0 Å². The lowest BCUT2D eigenvalue weighted by molar-refractivity contribution is 0.0693. The summed E-state index contributed by atoms with van der Waals surface area (Å²) in [7, 11) is 0. The fourth-order valence-corrected chi connectivity index (χ4v) is 5.52. The Morgan fingerprint density at radius 2 is 1.82 bits per heavy atom. The predicted molar refractivity (Wildman–Crippen MR) is 106 cm³/mol. The molecular weight excluding hydrogens is 372 g/mol. The van der Waals surface area contributed by atoms with Gasteiger partial charge < -0.3 is 9.64 Å². The van der Waals surface area contributed by atoms with Gasteiger partial charge in [0.1, 0.15) is 11.8 Å². The van der Waals surface area contributed by atoms with E-state index in [4.69, 9.17) is 21.6 Å². The molecule has 2 aromatic carbocycles. The van der Waals surface area contributed by atoms with Gasteiger partial charge in [-0.3, -0.25) is 4.79 Å². The molecule has 2 unspecified atom stereocenters. The molecule has 5 rings (SSSR count). The number of rotatable bonds is 3. The highest BCUT2D eigenvalue weighted by atomic mass is 35.5. The molecule has 2 fully saturated rings. The lowest BCUT2D eigenvalue weighted by Crippen LogP contribution is -2.34. The summed E-state index contributed by atoms with van der Waals surface area (Å²) in [4.78, 5) is 14.8. The van der Waals surface area contributed by atoms with Crippen molar-refractivity contribution >= 4 is 17.5 Å². The number of benzene rings is 2. The van der Waals surface area contributed by atoms with E-state index in [1.54, 1.807) is 12.1 Å². The van der Waals surface area contributed by atoms with Gasteiger partial charge in [-0.05, 0) is 61.3 Å². The van der Waals surface area contributed by atoms with Gasteiger partial charge in [0, 0.05) is 24.2 Å². The lowest BCUT2D eigenvalue weighted by Gasteiger charge is -2.25. The first kappa shape index (κ1) is 17.6. The van der Waals surface area contributed by atoms with Crippen LogP contribution in [0.15, 0.2) is 42.5 Å². The Bertz CT molecular complexity index is 969. The molecule has 0 spiro atoms. The van der Waals surface area contributed by atoms with Crippen molar-refractivity contribution in [1.82, 2.24) is 4.90 Å². The highest BCUT2D eigenvalue weighted by Gasteiger charge is 2.46. The number of amides is 1. The summed E-state index contributed by atoms with van der Waals surface area (Å²) in [6, 6.07) is 15.6. The highest BCUT2D eigenvalue weighted by molar-refractivity contribution is 6.31. The fourth-order valence-electron chi connectivity index (χ4n) is 5.30. The molecule has 0 saturated heterocycles. The van der Waals surface area contributed by atoms with Crippen molar-refractivity contribution in [2.24, 2.45) is 11.8 Å². The molecule has 2 aliphatic carbocycles. The molecular formula is C23H21ClN2O2. The molecule has 2 aromatic rings. The molecule has 2 saturated carbocycles. The van der Waals surface area contributed by atoms with Crippen molar-refractivity contribution in [1.29, 1.82) is 5.26 Å². The first-order valence-electron chi connectivity index (χ1n) is 9.87. The van der Waals surface area contributed by atoms with Crippen LogP contribution in [-0.4, -0.2) is 23.0 Å². The van der Waals surface area contributed by atoms with Crippen LogP contribution >= 0.6 is 11.6 Å². The first-order valence-corrected chi connectivity index (χ1v) is 10.3. The Hall–Kier alpha value is -2.51. The summed E-state index contributed by atoms with van der Waals surface area (Å²) < 4.78 is 6.15. The van der Waals surface area contributed by atoms with Crippen LogP contribution < -0.4 is 4.74 Å². The molecule has 0 radical (unpaired) electrons. The number of nitriles is 1. The van der Waals surface area contributed by atoms with Gasteiger partial charge in [-0.15, -0.1) is 0 Å². The molecule has 28 heavy (non-hydrogen) atoms. The van der Waals surface area contributed by atoms with Crippen molar-refractivity contribution in [2.75, 3.05) is 0 Å². The average Bonchev–Trinajstić information content (AvgIpc) is 3.34. The van der Waals surface area contributed by atoms with Crippen LogP contribution in [-0.2, 0) is 6.54 Å². The summed E-state index contributed by atoms with van der Waals surface area (Å²) in [6.07, 6.45) is 4.37. The maximum Gasteiger partial charge on any atom is 0.254 e. The van der Waals surface area contributed by atoms with Crippen LogP contribution in [0.25, 0.3) is 0 Å². The molecule has 1 aliphatic heterocycles. The Labute approximate surface area is 169 Å². The van der Waals surface area contributed by atoms with Crippen LogP contribution in [0.4, 0.5) is 0 Å². The van der Waals surface area contributed by atoms with Crippen LogP contribution in [0.2, 0.25) is 5.02 Å². The number of nitrogens with zero attached hydrogens (tertiary/aromatic N) is 2. The van der Waals surface area contributed by atoms with Crippen molar-refractivity contribution in [2.45, 2.75) is 44.4 Å². The molecule has 5 heteroatoms. The third-order valence-corrected chi connectivity index (χ3v) is 6.91. The minimum Gasteiger partial charge on any atom is -0.490 e. The van der Waals surface area contributed by atoms with E-state index in [2.05, 4.69) is 17.0 Å². The van der Waals surface area contributed by atoms with E-state index < -0.39 is 0 Å². The van der Waals surface area contributed by atoms with E-state index in [0.29, 0.717) is 28.5 Å². The molecule has 0 N–H and O–H groups in total. The Kier molecular flexibility index (Phi) is 4.29. The van der Waals surface area contributed by atoms with Gasteiger partial charge in [0.2, 0.25) is 0 Å². The normalized spacial score (nSPS) is 28.1. The lowest BCUT2D eigenvalue weighted by atomic mass is 10.0. The maximum absolute atomic E-state index is 12.8. The second kappa shape index (κ2) is 6.83. The van der Waals surface area contributed by atoms with Crippen LogP contribution in [0.5, 0.6) is 5.75 Å². The smallest absolute Gasteiger partial charge is 0.254 e. The zero-order valence-electron chi connectivity index (χ0n) is 15.5. The van der Waals surface area contributed by atoms with Crippen molar-refractivity contribution < 1.29 is 9.53 Å². The SMILES string of the molecule is N#Cc1ccc(OC2CC3CC(N4Cc5ccccc5C4=O)CC3C2)cc1Cl. The van der Waals surface area contributed by atoms with Gasteiger partial charge in [-0.1, -0.05) is 29.8 Å². The molecule has 0 bridgehead atoms. The van der Waals surface area contributed by atoms with E-state index in [1.807, 2.05) is 24.3 Å². The summed E-state index contributed by atoms with van der Waals surface area (Å²) >= 11 is 6.11. The standard InChI is InChI=1S/C23H21ClN2O2/c24-22-11-19(6-5-14(22)12-25)28-20-9-16-7-18(8-17(16)10-20)26-13-15-3-1-2-4-21(15)23(26)27/h1-6,11,16-18,20H,7-10,13H2. The number of hydrogen-bond acceptors (Lipinski definition) is 3. The van der Waals surface area contributed by atoms with Crippen molar-refractivity contribution in [3.63, 3.8) is 0 Å². The number of carbonyl (C=O) groups excluding carboxylic acids is 1. The molecule has 1 heterocycles. The van der Waals surface area contributed by atoms with E-state index in [-0.39, 0.29) is 12.0 Å². The first-order chi connectivity index (χ1) is 13.6. The molecule has 142 valence electrons. The zero-order valence-corrected chi connectivity index (χ0v) is 16.2. The molecule has 0 aromatic heterocycles. The Balaban J connectivity index is 1.21. The Morgan fingerprint density at radius 1 is 1.07 bits per heavy atom. The maximum atomic E-state index is 12.8. The topological polar surface area (TPSA) is 53.3 Å². The third-order valence-electron chi connectivity index (χ3n) is 6.60. The predicted octanol–water partition coefficient (Wildman–Crippen LogP) is 4.80. The second-order valence-corrected chi connectivity index (χ2v) is 8.61. The molecule has 4 nitrogen and oxygen atoms in total. The van der Waals surface area contributed by atoms with Crippen LogP contribution in [0.1, 0.15) is 47.2 Å². The largest absolute Gasteiger partial charge is 0.490 e. The zero-order chi connectivity index (χ0) is 19.3. The van der Waals surface area contributed by atoms with Crippen molar-refractivity contribution in [3.05, 3.63) is 64.2 Å². The number of hydrogen-bond donors (Lipinski definition) is 0. The van der Waals surface area contributed by atoms with Gasteiger partial charge in [0.05, 0.1) is 16.7 Å². The van der Waals surface area contributed by atoms with Gasteiger partial charge in [0.15, 0.2) is 0 Å². The van der Waals surface area contributed by atoms with Crippen LogP contribution in [0, 0.1) is 23.2 Å². The number of ether oxygens (including phenoxy) is 1. The molecule has 2 atom stereocenters. The van der Waals surface area contributed by atoms with Gasteiger partial charge in [-0.25, -0.2) is 0 Å². The van der Waals surface area contributed by atoms with Gasteiger partial charge >= 0.3 is 0 Å². The van der Waals surface area contributed by atoms with Gasteiger partial charge in [0.25, 0.3) is 5.91 Å². The number of halogens is 1. The second-order valence-electron chi connectivity index (χ2n) is 8.20. The summed E-state index contributed by atoms with van der Waals surface area (Å²) in [5, 5.41) is 9.43. The monoisotopic (exact) mass is 392 g/mol. The average molecular weight is 393 g/mol. The summed E-state index contributed by atoms with van der Waals surface area (Å²) in [6.45, 7) is 0.753. The number of fused-ring (bicyclic) bond motifs is 2. The summed E-state index contributed by atoms with van der Waals surface area (Å²) in [5.41, 5.74) is 2.50. The molecule has 1 amide bonds. The number of carbonyl (C=O) groups is 1. The minimum absolute atomic E-state index is 0.187. The Morgan fingerprint density at radius 3 is 2.50 bits per heavy atom. The van der Waals surface area contributed by atoms with Gasteiger partial charge in [-0.2, -0.15) is 5.26 Å². The van der Waals surface area contributed by atoms with E-state index >= 15 is 0 Å². The van der Waals surface area contributed by atoms with E-state index in [0.717, 1.165) is 49.1 Å². The molecule has 3 aliphatic rings. The van der Waals surface area contributed by atoms with Crippen molar-refractivity contribution in [3.8, 4) is 11.8 Å². The van der Waals surface area contributed by atoms with E-state index in [9.17, 15) is 4.79 Å². The fraction of sp³-hybridized carbons (Fsp3) is 0.391. The highest BCUT2D eigenvalue weighted by Crippen LogP contribution is 2.48. The van der Waals surface area contributed by atoms with E-state index in [1.165, 1.54) is 0 Å². The third kappa shape index (κ3) is 2.95. The quantitative estimate of drug-likeness (QED) is 0.753. The minimum atomic E-state index is 0.187.